The molecule has 1 unspecified atom stereocenters. The lowest BCUT2D eigenvalue weighted by Gasteiger charge is -2.21. The number of amides is 2. The van der Waals surface area contributed by atoms with Crippen LogP contribution in [0.3, 0.4) is 0 Å². The Morgan fingerprint density at radius 3 is 2.65 bits per heavy atom. The lowest BCUT2D eigenvalue weighted by Crippen LogP contribution is -2.46. The van der Waals surface area contributed by atoms with Crippen LogP contribution in [0.25, 0.3) is 0 Å². The zero-order valence-corrected chi connectivity index (χ0v) is 10.0. The van der Waals surface area contributed by atoms with Crippen LogP contribution in [0.2, 0.25) is 0 Å². The highest BCUT2D eigenvalue weighted by Gasteiger charge is 2.38. The number of urea groups is 1. The molecule has 1 fully saturated rings. The van der Waals surface area contributed by atoms with E-state index in [2.05, 4.69) is 5.32 Å². The predicted molar refractivity (Wildman–Crippen MR) is 61.6 cm³/mol. The summed E-state index contributed by atoms with van der Waals surface area (Å²) in [7, 11) is 0. The largest absolute Gasteiger partial charge is 0.480 e. The number of carboxylic acids is 1. The Labute approximate surface area is 99.9 Å². The number of aliphatic hydroxyl groups excluding tert-OH is 1. The molecular weight excluding hydrogens is 224 g/mol. The molecule has 0 aliphatic carbocycles. The molecular formula is C11H18N2O4. The number of β-amino-alcohol motifs (C(OH)–C–C–N with tert-alkyl or cyclic N) is 1. The van der Waals surface area contributed by atoms with Crippen LogP contribution in [0, 0.1) is 0 Å². The van der Waals surface area contributed by atoms with Crippen molar-refractivity contribution in [3.8, 4) is 0 Å². The topological polar surface area (TPSA) is 89.9 Å². The molecule has 1 heterocycles. The molecule has 0 spiro atoms. The fourth-order valence-electron chi connectivity index (χ4n) is 1.72. The summed E-state index contributed by atoms with van der Waals surface area (Å²) < 4.78 is 0. The Bertz CT molecular complexity index is 336. The summed E-state index contributed by atoms with van der Waals surface area (Å²) in [5.74, 6) is -1.08. The highest BCUT2D eigenvalue weighted by molar-refractivity contribution is 5.83. The predicted octanol–water partition coefficient (Wildman–Crippen LogP) is 0.182. The molecule has 1 aliphatic rings. The van der Waals surface area contributed by atoms with Crippen molar-refractivity contribution in [3.05, 3.63) is 11.6 Å². The van der Waals surface area contributed by atoms with Crippen molar-refractivity contribution in [3.63, 3.8) is 0 Å². The summed E-state index contributed by atoms with van der Waals surface area (Å²) in [6.45, 7) is 4.25. The molecule has 0 aromatic heterocycles. The van der Waals surface area contributed by atoms with Gasteiger partial charge in [-0.25, -0.2) is 9.59 Å². The number of hydrogen-bond acceptors (Lipinski definition) is 3. The van der Waals surface area contributed by atoms with E-state index in [1.165, 1.54) is 0 Å². The van der Waals surface area contributed by atoms with Gasteiger partial charge in [0.1, 0.15) is 6.04 Å². The maximum atomic E-state index is 11.7. The van der Waals surface area contributed by atoms with Crippen LogP contribution >= 0.6 is 0 Å². The van der Waals surface area contributed by atoms with Crippen LogP contribution in [-0.4, -0.2) is 52.3 Å². The second kappa shape index (κ2) is 5.67. The number of aliphatic hydroxyl groups is 1. The second-order valence-corrected chi connectivity index (χ2v) is 4.36. The van der Waals surface area contributed by atoms with E-state index in [0.717, 1.165) is 10.5 Å². The van der Waals surface area contributed by atoms with Gasteiger partial charge in [-0.15, -0.1) is 0 Å². The molecule has 6 heteroatoms. The standard InChI is InChI=1S/C11H18N2O4/c1-7(2)3-4-12-11(17)13-6-8(14)5-9(13)10(15)16/h3,8-9,14H,4-6H2,1-2H3,(H,12,17)(H,15,16)/t8?,9-/m0/s1. The van der Waals surface area contributed by atoms with Crippen LogP contribution in [-0.2, 0) is 4.79 Å². The summed E-state index contributed by atoms with van der Waals surface area (Å²) in [6.07, 6.45) is 1.16. The highest BCUT2D eigenvalue weighted by atomic mass is 16.4. The number of aliphatic carboxylic acids is 1. The van der Waals surface area contributed by atoms with Crippen LogP contribution in [0.15, 0.2) is 11.6 Å². The molecule has 0 saturated carbocycles. The zero-order valence-electron chi connectivity index (χ0n) is 10.0. The quantitative estimate of drug-likeness (QED) is 0.616. The monoisotopic (exact) mass is 242 g/mol. The number of carbonyl (C=O) groups is 2. The minimum Gasteiger partial charge on any atom is -0.480 e. The van der Waals surface area contributed by atoms with Crippen molar-refractivity contribution in [1.82, 2.24) is 10.2 Å². The van der Waals surface area contributed by atoms with Gasteiger partial charge < -0.3 is 20.4 Å². The molecule has 17 heavy (non-hydrogen) atoms. The van der Waals surface area contributed by atoms with E-state index in [9.17, 15) is 14.7 Å². The van der Waals surface area contributed by atoms with Crippen LogP contribution in [0.5, 0.6) is 0 Å². The molecule has 0 aromatic rings. The normalized spacial score (nSPS) is 23.4. The van der Waals surface area contributed by atoms with Crippen molar-refractivity contribution in [2.45, 2.75) is 32.4 Å². The van der Waals surface area contributed by atoms with Crippen LogP contribution in [0.4, 0.5) is 4.79 Å². The third kappa shape index (κ3) is 3.74. The van der Waals surface area contributed by atoms with Crippen molar-refractivity contribution >= 4 is 12.0 Å². The summed E-state index contributed by atoms with van der Waals surface area (Å²) in [5, 5.41) is 20.9. The lowest BCUT2D eigenvalue weighted by molar-refractivity contribution is -0.141. The first-order valence-corrected chi connectivity index (χ1v) is 5.50. The number of carboxylic acid groups (broad SMARTS) is 1. The van der Waals surface area contributed by atoms with Gasteiger partial charge in [0.15, 0.2) is 0 Å². The first-order chi connectivity index (χ1) is 7.91. The van der Waals surface area contributed by atoms with E-state index in [1.807, 2.05) is 19.9 Å². The molecule has 96 valence electrons. The SMILES string of the molecule is CC(C)=CCNC(=O)N1CC(O)C[C@H]1C(=O)O. The Balaban J connectivity index is 2.55. The lowest BCUT2D eigenvalue weighted by atomic mass is 10.2. The maximum absolute atomic E-state index is 11.7. The van der Waals surface area contributed by atoms with Gasteiger partial charge >= 0.3 is 12.0 Å². The third-order valence-corrected chi connectivity index (χ3v) is 2.59. The van der Waals surface area contributed by atoms with Crippen molar-refractivity contribution in [1.29, 1.82) is 0 Å². The Morgan fingerprint density at radius 1 is 1.47 bits per heavy atom. The fraction of sp³-hybridized carbons (Fsp3) is 0.636. The first kappa shape index (κ1) is 13.5. The van der Waals surface area contributed by atoms with E-state index in [0.29, 0.717) is 6.54 Å². The summed E-state index contributed by atoms with van der Waals surface area (Å²) in [4.78, 5) is 23.8. The zero-order chi connectivity index (χ0) is 13.0. The Kier molecular flexibility index (Phi) is 4.51. The number of nitrogens with zero attached hydrogens (tertiary/aromatic N) is 1. The molecule has 1 aliphatic heterocycles. The maximum Gasteiger partial charge on any atom is 0.326 e. The molecule has 1 saturated heterocycles. The average molecular weight is 242 g/mol. The molecule has 2 amide bonds. The molecule has 1 rings (SSSR count). The number of rotatable bonds is 3. The highest BCUT2D eigenvalue weighted by Crippen LogP contribution is 2.17. The number of nitrogens with one attached hydrogen (secondary N) is 1. The number of likely N-dealkylation sites (tertiary alicyclic amines) is 1. The molecule has 0 radical (unpaired) electrons. The molecule has 6 nitrogen and oxygen atoms in total. The third-order valence-electron chi connectivity index (χ3n) is 2.59. The van der Waals surface area contributed by atoms with Gasteiger partial charge in [0, 0.05) is 19.5 Å². The Morgan fingerprint density at radius 2 is 2.12 bits per heavy atom. The van der Waals surface area contributed by atoms with Gasteiger partial charge in [-0.05, 0) is 13.8 Å². The van der Waals surface area contributed by atoms with Crippen molar-refractivity contribution < 1.29 is 19.8 Å². The van der Waals surface area contributed by atoms with Crippen LogP contribution < -0.4 is 5.32 Å². The minimum absolute atomic E-state index is 0.0671. The minimum atomic E-state index is -1.08. The summed E-state index contributed by atoms with van der Waals surface area (Å²) in [5.41, 5.74) is 1.07. The number of carbonyl (C=O) groups excluding carboxylic acids is 1. The van der Waals surface area contributed by atoms with Crippen molar-refractivity contribution in [2.75, 3.05) is 13.1 Å². The van der Waals surface area contributed by atoms with Gasteiger partial charge in [-0.2, -0.15) is 0 Å². The van der Waals surface area contributed by atoms with E-state index < -0.39 is 24.1 Å². The summed E-state index contributed by atoms with van der Waals surface area (Å²) in [6, 6.07) is -1.39. The van der Waals surface area contributed by atoms with E-state index >= 15 is 0 Å². The van der Waals surface area contributed by atoms with E-state index in [1.54, 1.807) is 0 Å². The number of allylic oxidation sites excluding steroid dienone is 1. The first-order valence-electron chi connectivity index (χ1n) is 5.50. The molecule has 0 aromatic carbocycles. The fourth-order valence-corrected chi connectivity index (χ4v) is 1.72. The van der Waals surface area contributed by atoms with E-state index in [4.69, 9.17) is 5.11 Å². The van der Waals surface area contributed by atoms with Gasteiger partial charge in [-0.1, -0.05) is 11.6 Å². The summed E-state index contributed by atoms with van der Waals surface area (Å²) >= 11 is 0. The average Bonchev–Trinajstić information content (AvgIpc) is 2.59. The molecule has 3 N–H and O–H groups in total. The Hall–Kier alpha value is -1.56. The van der Waals surface area contributed by atoms with Crippen molar-refractivity contribution in [2.24, 2.45) is 0 Å². The van der Waals surface area contributed by atoms with E-state index in [-0.39, 0.29) is 13.0 Å². The number of hydrogen-bond donors (Lipinski definition) is 3. The second-order valence-electron chi connectivity index (χ2n) is 4.36. The van der Waals surface area contributed by atoms with Crippen LogP contribution in [0.1, 0.15) is 20.3 Å². The van der Waals surface area contributed by atoms with Gasteiger partial charge in [-0.3, -0.25) is 0 Å². The van der Waals surface area contributed by atoms with Gasteiger partial charge in [0.05, 0.1) is 6.10 Å². The van der Waals surface area contributed by atoms with Gasteiger partial charge in [0.2, 0.25) is 0 Å². The molecule has 0 bridgehead atoms. The molecule has 2 atom stereocenters. The van der Waals surface area contributed by atoms with Gasteiger partial charge in [0.25, 0.3) is 0 Å². The smallest absolute Gasteiger partial charge is 0.326 e.